The summed E-state index contributed by atoms with van der Waals surface area (Å²) < 4.78 is 0. The van der Waals surface area contributed by atoms with E-state index in [4.69, 9.17) is 0 Å². The summed E-state index contributed by atoms with van der Waals surface area (Å²) in [6, 6.07) is 0. The van der Waals surface area contributed by atoms with Crippen LogP contribution in [0.1, 0.15) is 31.5 Å². The zero-order chi connectivity index (χ0) is 10.8. The van der Waals surface area contributed by atoms with Gasteiger partial charge in [-0.3, -0.25) is 0 Å². The molecule has 0 radical (unpaired) electrons. The standard InChI is InChI=1S/C11H16N2OS/c1-7(2)6-15-10-8-4-3-5-9(8)12-11(14)13-10/h7H,3-6H2,1-2H3,(H,12,13,14). The molecule has 0 amide bonds. The third-order valence-electron chi connectivity index (χ3n) is 2.49. The van der Waals surface area contributed by atoms with Gasteiger partial charge in [0.2, 0.25) is 0 Å². The lowest BCUT2D eigenvalue weighted by atomic mass is 10.3. The average molecular weight is 224 g/mol. The Balaban J connectivity index is 2.26. The first-order chi connectivity index (χ1) is 7.16. The predicted octanol–water partition coefficient (Wildman–Crippen LogP) is 2.01. The average Bonchev–Trinajstić information content (AvgIpc) is 2.61. The van der Waals surface area contributed by atoms with Crippen molar-refractivity contribution in [2.45, 2.75) is 38.1 Å². The third-order valence-corrected chi connectivity index (χ3v) is 3.93. The summed E-state index contributed by atoms with van der Waals surface area (Å²) in [5.41, 5.74) is 2.20. The number of aromatic nitrogens is 2. The van der Waals surface area contributed by atoms with Crippen molar-refractivity contribution < 1.29 is 0 Å². The van der Waals surface area contributed by atoms with Crippen molar-refractivity contribution in [3.8, 4) is 0 Å². The van der Waals surface area contributed by atoms with Crippen molar-refractivity contribution in [2.75, 3.05) is 5.75 Å². The molecule has 1 aliphatic rings. The van der Waals surface area contributed by atoms with Crippen molar-refractivity contribution >= 4 is 11.8 Å². The molecular weight excluding hydrogens is 208 g/mol. The van der Waals surface area contributed by atoms with Crippen LogP contribution in [-0.2, 0) is 12.8 Å². The highest BCUT2D eigenvalue weighted by atomic mass is 32.2. The van der Waals surface area contributed by atoms with Crippen molar-refractivity contribution in [1.82, 2.24) is 9.97 Å². The number of rotatable bonds is 3. The Kier molecular flexibility index (Phi) is 3.14. The minimum absolute atomic E-state index is 0.193. The fourth-order valence-electron chi connectivity index (χ4n) is 1.80. The second-order valence-electron chi connectivity index (χ2n) is 4.36. The zero-order valence-electron chi connectivity index (χ0n) is 9.17. The number of hydrogen-bond donors (Lipinski definition) is 1. The molecule has 0 saturated heterocycles. The topological polar surface area (TPSA) is 45.8 Å². The molecule has 0 bridgehead atoms. The third kappa shape index (κ3) is 2.43. The van der Waals surface area contributed by atoms with E-state index < -0.39 is 0 Å². The van der Waals surface area contributed by atoms with Crippen LogP contribution < -0.4 is 5.69 Å². The van der Waals surface area contributed by atoms with E-state index in [-0.39, 0.29) is 5.69 Å². The Morgan fingerprint density at radius 3 is 3.00 bits per heavy atom. The van der Waals surface area contributed by atoms with Gasteiger partial charge < -0.3 is 4.98 Å². The summed E-state index contributed by atoms with van der Waals surface area (Å²) >= 11 is 1.72. The monoisotopic (exact) mass is 224 g/mol. The zero-order valence-corrected chi connectivity index (χ0v) is 9.99. The Morgan fingerprint density at radius 1 is 1.47 bits per heavy atom. The van der Waals surface area contributed by atoms with Gasteiger partial charge in [-0.1, -0.05) is 13.8 Å². The van der Waals surface area contributed by atoms with Crippen molar-refractivity contribution in [1.29, 1.82) is 0 Å². The van der Waals surface area contributed by atoms with Crippen molar-refractivity contribution in [3.63, 3.8) is 0 Å². The molecular formula is C11H16N2OS. The van der Waals surface area contributed by atoms with Gasteiger partial charge in [0.25, 0.3) is 0 Å². The molecule has 0 unspecified atom stereocenters. The molecule has 1 aliphatic carbocycles. The summed E-state index contributed by atoms with van der Waals surface area (Å²) in [7, 11) is 0. The van der Waals surface area contributed by atoms with E-state index in [2.05, 4.69) is 23.8 Å². The summed E-state index contributed by atoms with van der Waals surface area (Å²) in [5, 5.41) is 0.958. The number of nitrogens with one attached hydrogen (secondary N) is 1. The van der Waals surface area contributed by atoms with Gasteiger partial charge in [-0.2, -0.15) is 4.98 Å². The van der Waals surface area contributed by atoms with E-state index in [9.17, 15) is 4.79 Å². The van der Waals surface area contributed by atoms with E-state index >= 15 is 0 Å². The van der Waals surface area contributed by atoms with Gasteiger partial charge in [0.15, 0.2) is 0 Å². The molecule has 0 aromatic carbocycles. The van der Waals surface area contributed by atoms with Crippen LogP contribution in [-0.4, -0.2) is 15.7 Å². The summed E-state index contributed by atoms with van der Waals surface area (Å²) in [4.78, 5) is 18.2. The van der Waals surface area contributed by atoms with Gasteiger partial charge in [0, 0.05) is 17.0 Å². The highest BCUT2D eigenvalue weighted by Crippen LogP contribution is 2.28. The number of fused-ring (bicyclic) bond motifs is 1. The lowest BCUT2D eigenvalue weighted by Crippen LogP contribution is -2.14. The highest BCUT2D eigenvalue weighted by molar-refractivity contribution is 7.99. The molecule has 1 aromatic rings. The van der Waals surface area contributed by atoms with Crippen LogP contribution in [0.3, 0.4) is 0 Å². The number of aromatic amines is 1. The quantitative estimate of drug-likeness (QED) is 0.631. The first-order valence-electron chi connectivity index (χ1n) is 5.41. The van der Waals surface area contributed by atoms with Crippen molar-refractivity contribution in [3.05, 3.63) is 21.7 Å². The lowest BCUT2D eigenvalue weighted by molar-refractivity contribution is 0.748. The molecule has 0 fully saturated rings. The number of hydrogen-bond acceptors (Lipinski definition) is 3. The van der Waals surface area contributed by atoms with Gasteiger partial charge in [0.05, 0.1) is 0 Å². The largest absolute Gasteiger partial charge is 0.346 e. The van der Waals surface area contributed by atoms with Crippen LogP contribution in [0.2, 0.25) is 0 Å². The van der Waals surface area contributed by atoms with E-state index in [0.717, 1.165) is 35.7 Å². The van der Waals surface area contributed by atoms with Crippen LogP contribution in [0.25, 0.3) is 0 Å². The molecule has 1 N–H and O–H groups in total. The SMILES string of the molecule is CC(C)CSc1nc(=O)[nH]c2c1CCC2. The molecule has 3 nitrogen and oxygen atoms in total. The van der Waals surface area contributed by atoms with Gasteiger partial charge in [0.1, 0.15) is 5.03 Å². The molecule has 4 heteroatoms. The maximum absolute atomic E-state index is 11.3. The maximum Gasteiger partial charge on any atom is 0.346 e. The normalized spacial score (nSPS) is 14.6. The van der Waals surface area contributed by atoms with Crippen LogP contribution in [0.15, 0.2) is 9.82 Å². The minimum atomic E-state index is -0.193. The fraction of sp³-hybridized carbons (Fsp3) is 0.636. The summed E-state index contributed by atoms with van der Waals surface area (Å²) in [6.45, 7) is 4.36. The highest BCUT2D eigenvalue weighted by Gasteiger charge is 2.17. The predicted molar refractivity (Wildman–Crippen MR) is 62.4 cm³/mol. The number of nitrogens with zero attached hydrogens (tertiary/aromatic N) is 1. The van der Waals surface area contributed by atoms with E-state index in [0.29, 0.717) is 5.92 Å². The van der Waals surface area contributed by atoms with Gasteiger partial charge in [-0.15, -0.1) is 11.8 Å². The van der Waals surface area contributed by atoms with Gasteiger partial charge in [-0.05, 0) is 25.2 Å². The summed E-state index contributed by atoms with van der Waals surface area (Å²) in [6.07, 6.45) is 3.22. The van der Waals surface area contributed by atoms with E-state index in [1.54, 1.807) is 11.8 Å². The van der Waals surface area contributed by atoms with Crippen molar-refractivity contribution in [2.24, 2.45) is 5.92 Å². The Bertz CT molecular complexity index is 412. The van der Waals surface area contributed by atoms with Gasteiger partial charge >= 0.3 is 5.69 Å². The van der Waals surface area contributed by atoms with Gasteiger partial charge in [-0.25, -0.2) is 4.79 Å². The molecule has 15 heavy (non-hydrogen) atoms. The molecule has 1 heterocycles. The van der Waals surface area contributed by atoms with E-state index in [1.807, 2.05) is 0 Å². The second-order valence-corrected chi connectivity index (χ2v) is 5.37. The van der Waals surface area contributed by atoms with Crippen LogP contribution in [0.5, 0.6) is 0 Å². The second kappa shape index (κ2) is 4.39. The van der Waals surface area contributed by atoms with Crippen LogP contribution in [0, 0.1) is 5.92 Å². The number of aryl methyl sites for hydroxylation is 1. The van der Waals surface area contributed by atoms with E-state index in [1.165, 1.54) is 5.56 Å². The lowest BCUT2D eigenvalue weighted by Gasteiger charge is -2.07. The van der Waals surface area contributed by atoms with Crippen LogP contribution in [0.4, 0.5) is 0 Å². The first kappa shape index (κ1) is 10.7. The molecule has 0 aliphatic heterocycles. The maximum atomic E-state index is 11.3. The minimum Gasteiger partial charge on any atom is -0.309 e. The molecule has 0 atom stereocenters. The number of thioether (sulfide) groups is 1. The molecule has 82 valence electrons. The fourth-order valence-corrected chi connectivity index (χ4v) is 2.84. The molecule has 2 rings (SSSR count). The summed E-state index contributed by atoms with van der Waals surface area (Å²) in [5.74, 6) is 1.66. The van der Waals surface area contributed by atoms with Crippen LogP contribution >= 0.6 is 11.8 Å². The smallest absolute Gasteiger partial charge is 0.309 e. The first-order valence-corrected chi connectivity index (χ1v) is 6.40. The molecule has 0 saturated carbocycles. The Morgan fingerprint density at radius 2 is 2.27 bits per heavy atom. The Labute approximate surface area is 93.7 Å². The number of H-pyrrole nitrogens is 1. The Hall–Kier alpha value is -0.770. The molecule has 1 aromatic heterocycles. The molecule has 0 spiro atoms.